The number of nitrogens with zero attached hydrogens (tertiary/aromatic N) is 1. The number of halogens is 2. The van der Waals surface area contributed by atoms with Crippen molar-refractivity contribution in [3.8, 4) is 17.0 Å². The summed E-state index contributed by atoms with van der Waals surface area (Å²) in [6.45, 7) is -0.994. The summed E-state index contributed by atoms with van der Waals surface area (Å²) in [4.78, 5) is 16.6. The summed E-state index contributed by atoms with van der Waals surface area (Å²) < 4.78 is 28.8. The molecule has 0 saturated carbocycles. The SMILES string of the molecule is Cc1nc(-c2cccc(NC(=O)Nc3cccc(OC(F)F)c3)c2)cs1. The number of hydrogen-bond acceptors (Lipinski definition) is 4. The molecule has 5 nitrogen and oxygen atoms in total. The lowest BCUT2D eigenvalue weighted by Gasteiger charge is -2.10. The number of urea groups is 1. The molecule has 2 N–H and O–H groups in total. The molecule has 0 saturated heterocycles. The number of aromatic nitrogens is 1. The highest BCUT2D eigenvalue weighted by molar-refractivity contribution is 7.09. The molecule has 0 spiro atoms. The van der Waals surface area contributed by atoms with E-state index in [1.807, 2.05) is 30.5 Å². The first-order chi connectivity index (χ1) is 12.5. The standard InChI is InChI=1S/C18H15F2N3O2S/c1-11-21-16(10-26-11)12-4-2-5-13(8-12)22-18(24)23-14-6-3-7-15(9-14)25-17(19)20/h2-10,17H,1H3,(H2,22,23,24). The zero-order valence-corrected chi connectivity index (χ0v) is 14.5. The van der Waals surface area contributed by atoms with Gasteiger partial charge in [-0.1, -0.05) is 18.2 Å². The minimum Gasteiger partial charge on any atom is -0.435 e. The summed E-state index contributed by atoms with van der Waals surface area (Å²) in [6, 6.07) is 12.6. The van der Waals surface area contributed by atoms with Crippen molar-refractivity contribution in [2.75, 3.05) is 10.6 Å². The number of carbonyl (C=O) groups excluding carboxylic acids is 1. The number of benzene rings is 2. The van der Waals surface area contributed by atoms with E-state index < -0.39 is 12.6 Å². The molecule has 0 aliphatic rings. The number of thiazole rings is 1. The van der Waals surface area contributed by atoms with E-state index in [4.69, 9.17) is 0 Å². The Kier molecular flexibility index (Phi) is 5.43. The summed E-state index contributed by atoms with van der Waals surface area (Å²) in [6.07, 6.45) is 0. The smallest absolute Gasteiger partial charge is 0.387 e. The number of nitrogens with one attached hydrogen (secondary N) is 2. The van der Waals surface area contributed by atoms with E-state index in [2.05, 4.69) is 20.4 Å². The highest BCUT2D eigenvalue weighted by Gasteiger charge is 2.08. The number of hydrogen-bond donors (Lipinski definition) is 2. The van der Waals surface area contributed by atoms with E-state index in [-0.39, 0.29) is 5.75 Å². The number of aryl methyl sites for hydroxylation is 1. The molecule has 1 heterocycles. The summed E-state index contributed by atoms with van der Waals surface area (Å²) in [5.41, 5.74) is 2.66. The third-order valence-corrected chi connectivity index (χ3v) is 4.13. The van der Waals surface area contributed by atoms with Crippen molar-refractivity contribution in [3.05, 3.63) is 58.9 Å². The number of carbonyl (C=O) groups is 1. The minimum atomic E-state index is -2.92. The van der Waals surface area contributed by atoms with Crippen LogP contribution in [0, 0.1) is 6.92 Å². The number of ether oxygens (including phenoxy) is 1. The Morgan fingerprint density at radius 2 is 1.81 bits per heavy atom. The summed E-state index contributed by atoms with van der Waals surface area (Å²) in [5.74, 6) is -0.0290. The fourth-order valence-corrected chi connectivity index (χ4v) is 2.92. The van der Waals surface area contributed by atoms with Crippen molar-refractivity contribution >= 4 is 28.7 Å². The molecule has 2 amide bonds. The quantitative estimate of drug-likeness (QED) is 0.631. The number of rotatable bonds is 5. The van der Waals surface area contributed by atoms with Gasteiger partial charge in [0.2, 0.25) is 0 Å². The molecule has 0 aliphatic carbocycles. The van der Waals surface area contributed by atoms with Gasteiger partial charge < -0.3 is 15.4 Å². The zero-order valence-electron chi connectivity index (χ0n) is 13.7. The van der Waals surface area contributed by atoms with Crippen LogP contribution >= 0.6 is 11.3 Å². The second-order valence-electron chi connectivity index (χ2n) is 5.32. The molecule has 0 aliphatic heterocycles. The maximum Gasteiger partial charge on any atom is 0.387 e. The van der Waals surface area contributed by atoms with Crippen LogP contribution in [0.5, 0.6) is 5.75 Å². The van der Waals surface area contributed by atoms with E-state index in [0.717, 1.165) is 16.3 Å². The largest absolute Gasteiger partial charge is 0.435 e. The molecule has 0 unspecified atom stereocenters. The first-order valence-corrected chi connectivity index (χ1v) is 8.53. The molecule has 134 valence electrons. The highest BCUT2D eigenvalue weighted by atomic mass is 32.1. The van der Waals surface area contributed by atoms with Crippen LogP contribution < -0.4 is 15.4 Å². The first kappa shape index (κ1) is 17.8. The van der Waals surface area contributed by atoms with Crippen LogP contribution in [0.3, 0.4) is 0 Å². The van der Waals surface area contributed by atoms with Gasteiger partial charge in [-0.25, -0.2) is 9.78 Å². The molecular formula is C18H15F2N3O2S. The Morgan fingerprint density at radius 1 is 1.12 bits per heavy atom. The highest BCUT2D eigenvalue weighted by Crippen LogP contribution is 2.24. The summed E-state index contributed by atoms with van der Waals surface area (Å²) in [7, 11) is 0. The monoisotopic (exact) mass is 375 g/mol. The molecule has 8 heteroatoms. The van der Waals surface area contributed by atoms with Gasteiger partial charge in [0.05, 0.1) is 10.7 Å². The van der Waals surface area contributed by atoms with Crippen molar-refractivity contribution in [1.82, 2.24) is 4.98 Å². The van der Waals surface area contributed by atoms with Crippen LogP contribution in [0.15, 0.2) is 53.9 Å². The van der Waals surface area contributed by atoms with Gasteiger partial charge >= 0.3 is 12.6 Å². The normalized spacial score (nSPS) is 10.6. The topological polar surface area (TPSA) is 63.2 Å². The second-order valence-corrected chi connectivity index (χ2v) is 6.38. The van der Waals surface area contributed by atoms with Gasteiger partial charge in [-0.05, 0) is 31.2 Å². The molecule has 0 bridgehead atoms. The minimum absolute atomic E-state index is 0.0290. The predicted octanol–water partition coefficient (Wildman–Crippen LogP) is 5.36. The van der Waals surface area contributed by atoms with Crippen molar-refractivity contribution in [3.63, 3.8) is 0 Å². The fourth-order valence-electron chi connectivity index (χ4n) is 2.30. The van der Waals surface area contributed by atoms with Crippen LogP contribution in [0.1, 0.15) is 5.01 Å². The molecule has 1 aromatic heterocycles. The van der Waals surface area contributed by atoms with E-state index >= 15 is 0 Å². The number of anilines is 2. The Balaban J connectivity index is 1.67. The Hall–Kier alpha value is -3.00. The second kappa shape index (κ2) is 7.92. The van der Waals surface area contributed by atoms with Gasteiger partial charge in [0, 0.05) is 28.4 Å². The molecule has 0 fully saturated rings. The van der Waals surface area contributed by atoms with Crippen LogP contribution in [-0.4, -0.2) is 17.6 Å². The van der Waals surface area contributed by atoms with Crippen molar-refractivity contribution in [1.29, 1.82) is 0 Å². The van der Waals surface area contributed by atoms with Crippen LogP contribution in [0.2, 0.25) is 0 Å². The van der Waals surface area contributed by atoms with Gasteiger partial charge in [-0.15, -0.1) is 11.3 Å². The van der Waals surface area contributed by atoms with E-state index in [1.54, 1.807) is 23.5 Å². The maximum atomic E-state index is 12.3. The number of amides is 2. The molecule has 26 heavy (non-hydrogen) atoms. The third-order valence-electron chi connectivity index (χ3n) is 3.35. The zero-order chi connectivity index (χ0) is 18.5. The van der Waals surface area contributed by atoms with Crippen molar-refractivity contribution in [2.45, 2.75) is 13.5 Å². The fraction of sp³-hybridized carbons (Fsp3) is 0.111. The van der Waals surface area contributed by atoms with Gasteiger partial charge in [0.15, 0.2) is 0 Å². The van der Waals surface area contributed by atoms with E-state index in [1.165, 1.54) is 18.2 Å². The van der Waals surface area contributed by atoms with Gasteiger partial charge in [-0.2, -0.15) is 8.78 Å². The lowest BCUT2D eigenvalue weighted by atomic mass is 10.1. The maximum absolute atomic E-state index is 12.3. The predicted molar refractivity (Wildman–Crippen MR) is 98.0 cm³/mol. The van der Waals surface area contributed by atoms with Gasteiger partial charge in [0.25, 0.3) is 0 Å². The van der Waals surface area contributed by atoms with Crippen LogP contribution in [-0.2, 0) is 0 Å². The molecular weight excluding hydrogens is 360 g/mol. The van der Waals surface area contributed by atoms with Gasteiger partial charge in [-0.3, -0.25) is 0 Å². The Morgan fingerprint density at radius 3 is 2.46 bits per heavy atom. The summed E-state index contributed by atoms with van der Waals surface area (Å²) in [5, 5.41) is 8.19. The lowest BCUT2D eigenvalue weighted by molar-refractivity contribution is -0.0497. The molecule has 2 aromatic carbocycles. The third kappa shape index (κ3) is 4.76. The Labute approximate surface area is 152 Å². The average molecular weight is 375 g/mol. The van der Waals surface area contributed by atoms with Crippen molar-refractivity contribution in [2.24, 2.45) is 0 Å². The molecule has 3 aromatic rings. The van der Waals surface area contributed by atoms with Crippen LogP contribution in [0.25, 0.3) is 11.3 Å². The Bertz CT molecular complexity index is 915. The van der Waals surface area contributed by atoms with E-state index in [0.29, 0.717) is 11.4 Å². The summed E-state index contributed by atoms with van der Waals surface area (Å²) >= 11 is 1.55. The van der Waals surface area contributed by atoms with Crippen LogP contribution in [0.4, 0.5) is 25.0 Å². The molecule has 3 rings (SSSR count). The van der Waals surface area contributed by atoms with Gasteiger partial charge in [0.1, 0.15) is 5.75 Å². The molecule has 0 atom stereocenters. The first-order valence-electron chi connectivity index (χ1n) is 7.65. The van der Waals surface area contributed by atoms with E-state index in [9.17, 15) is 13.6 Å². The lowest BCUT2D eigenvalue weighted by Crippen LogP contribution is -2.19. The number of alkyl halides is 2. The molecule has 0 radical (unpaired) electrons. The average Bonchev–Trinajstić information content (AvgIpc) is 3.01. The van der Waals surface area contributed by atoms with Crippen molar-refractivity contribution < 1.29 is 18.3 Å².